The maximum Gasteiger partial charge on any atom is 0.337 e. The molecule has 2 aromatic rings. The summed E-state index contributed by atoms with van der Waals surface area (Å²) >= 11 is 0. The van der Waals surface area contributed by atoms with Crippen LogP contribution in [0.3, 0.4) is 0 Å². The van der Waals surface area contributed by atoms with Crippen LogP contribution in [-0.2, 0) is 4.74 Å². The second-order valence-electron chi connectivity index (χ2n) is 7.74. The fraction of sp³-hybridized carbons (Fsp3) is 0.455. The van der Waals surface area contributed by atoms with E-state index in [1.54, 1.807) is 31.4 Å². The van der Waals surface area contributed by atoms with Crippen molar-refractivity contribution >= 4 is 5.97 Å². The third-order valence-corrected chi connectivity index (χ3v) is 5.94. The fourth-order valence-electron chi connectivity index (χ4n) is 4.43. The zero-order valence-corrected chi connectivity index (χ0v) is 17.2. The zero-order valence-electron chi connectivity index (χ0n) is 17.2. The van der Waals surface area contributed by atoms with E-state index < -0.39 is 30.3 Å². The van der Waals surface area contributed by atoms with Crippen molar-refractivity contribution in [3.8, 4) is 11.5 Å². The van der Waals surface area contributed by atoms with E-state index in [-0.39, 0.29) is 11.1 Å². The first-order valence-electron chi connectivity index (χ1n) is 10.2. The van der Waals surface area contributed by atoms with Crippen molar-refractivity contribution in [2.45, 2.75) is 30.7 Å². The molecule has 0 unspecified atom stereocenters. The molecule has 0 radical (unpaired) electrons. The van der Waals surface area contributed by atoms with Crippen molar-refractivity contribution in [2.24, 2.45) is 0 Å². The predicted molar refractivity (Wildman–Crippen MR) is 111 cm³/mol. The Morgan fingerprint density at radius 2 is 1.90 bits per heavy atom. The molecule has 1 aromatic carbocycles. The molecule has 1 saturated heterocycles. The lowest BCUT2D eigenvalue weighted by atomic mass is 10.1. The van der Waals surface area contributed by atoms with E-state index in [1.807, 2.05) is 0 Å². The highest BCUT2D eigenvalue weighted by Crippen LogP contribution is 2.37. The first-order valence-corrected chi connectivity index (χ1v) is 10.2. The summed E-state index contributed by atoms with van der Waals surface area (Å²) in [6, 6.07) is 8.80. The first kappa shape index (κ1) is 21.4. The van der Waals surface area contributed by atoms with Gasteiger partial charge in [-0.1, -0.05) is 6.07 Å². The Labute approximate surface area is 179 Å². The Morgan fingerprint density at radius 3 is 2.61 bits per heavy atom. The Kier molecular flexibility index (Phi) is 6.26. The van der Waals surface area contributed by atoms with Crippen molar-refractivity contribution in [1.29, 1.82) is 0 Å². The van der Waals surface area contributed by atoms with Gasteiger partial charge in [0.05, 0.1) is 38.0 Å². The van der Waals surface area contributed by atoms with Crippen LogP contribution in [0.5, 0.6) is 11.5 Å². The number of aliphatic hydroxyl groups excluding tert-OH is 1. The number of carbonyl (C=O) groups is 1. The van der Waals surface area contributed by atoms with Gasteiger partial charge in [-0.2, -0.15) is 0 Å². The normalized spacial score (nSPS) is 26.5. The van der Waals surface area contributed by atoms with Gasteiger partial charge in [-0.05, 0) is 18.2 Å². The average Bonchev–Trinajstić information content (AvgIpc) is 3.10. The molecular formula is C22H26N2O7. The van der Waals surface area contributed by atoms with E-state index in [1.165, 1.54) is 22.9 Å². The lowest BCUT2D eigenvalue weighted by molar-refractivity contribution is -0.0379. The molecule has 1 aromatic heterocycles. The van der Waals surface area contributed by atoms with Crippen LogP contribution in [0.1, 0.15) is 22.8 Å². The molecule has 2 N–H and O–H groups in total. The molecule has 1 saturated carbocycles. The van der Waals surface area contributed by atoms with E-state index >= 15 is 0 Å². The number of methoxy groups -OCH3 is 1. The molecule has 2 aliphatic rings. The molecule has 2 fully saturated rings. The van der Waals surface area contributed by atoms with Gasteiger partial charge in [-0.3, -0.25) is 9.69 Å². The number of ether oxygens (including phenoxy) is 3. The molecular weight excluding hydrogens is 404 g/mol. The van der Waals surface area contributed by atoms with Crippen LogP contribution >= 0.6 is 0 Å². The Bertz CT molecular complexity index is 986. The SMILES string of the molecule is COc1cccc(O[C@@H]2C[C@@H](n3cc(C(=O)O)ccc3=O)[C@H](N3CCOCC3)[C@H]2O)c1. The molecule has 9 nitrogen and oxygen atoms in total. The minimum Gasteiger partial charge on any atom is -0.497 e. The van der Waals surface area contributed by atoms with Crippen molar-refractivity contribution in [3.05, 3.63) is 58.5 Å². The van der Waals surface area contributed by atoms with Gasteiger partial charge < -0.3 is 29.0 Å². The summed E-state index contributed by atoms with van der Waals surface area (Å²) in [5.74, 6) is 0.0763. The highest BCUT2D eigenvalue weighted by Gasteiger charge is 2.48. The van der Waals surface area contributed by atoms with Crippen LogP contribution < -0.4 is 15.0 Å². The summed E-state index contributed by atoms with van der Waals surface area (Å²) in [6.45, 7) is 2.28. The zero-order chi connectivity index (χ0) is 22.0. The molecule has 0 bridgehead atoms. The number of carboxylic acid groups (broad SMARTS) is 1. The standard InChI is InChI=1S/C22H26N2O7/c1-29-15-3-2-4-16(11-15)31-18-12-17(20(21(18)26)23-7-9-30-10-8-23)24-13-14(22(27)28)5-6-19(24)25/h2-6,11,13,17-18,20-21,26H,7-10,12H2,1H3,(H,27,28)/t17-,18-,20+,21+/m1/s1. The molecule has 31 heavy (non-hydrogen) atoms. The number of nitrogens with zero attached hydrogens (tertiary/aromatic N) is 2. The number of hydrogen-bond acceptors (Lipinski definition) is 7. The van der Waals surface area contributed by atoms with Crippen LogP contribution in [0.2, 0.25) is 0 Å². The lowest BCUT2D eigenvalue weighted by Crippen LogP contribution is -2.52. The Morgan fingerprint density at radius 1 is 1.16 bits per heavy atom. The number of carboxylic acids is 1. The van der Waals surface area contributed by atoms with Gasteiger partial charge in [0.25, 0.3) is 5.56 Å². The topological polar surface area (TPSA) is 110 Å². The smallest absolute Gasteiger partial charge is 0.337 e. The number of aliphatic hydroxyl groups is 1. The Hall–Kier alpha value is -2.88. The fourth-order valence-corrected chi connectivity index (χ4v) is 4.43. The summed E-state index contributed by atoms with van der Waals surface area (Å²) in [5, 5.41) is 20.6. The highest BCUT2D eigenvalue weighted by molar-refractivity contribution is 5.87. The number of rotatable bonds is 6. The monoisotopic (exact) mass is 430 g/mol. The maximum atomic E-state index is 12.7. The number of aromatic nitrogens is 1. The minimum absolute atomic E-state index is 0.0204. The van der Waals surface area contributed by atoms with Gasteiger partial charge in [0, 0.05) is 37.8 Å². The van der Waals surface area contributed by atoms with Crippen molar-refractivity contribution in [2.75, 3.05) is 33.4 Å². The molecule has 4 atom stereocenters. The van der Waals surface area contributed by atoms with Crippen molar-refractivity contribution in [3.63, 3.8) is 0 Å². The lowest BCUT2D eigenvalue weighted by Gasteiger charge is -2.37. The van der Waals surface area contributed by atoms with Crippen LogP contribution in [0.4, 0.5) is 0 Å². The van der Waals surface area contributed by atoms with E-state index in [4.69, 9.17) is 14.2 Å². The summed E-state index contributed by atoms with van der Waals surface area (Å²) < 4.78 is 18.2. The van der Waals surface area contributed by atoms with Crippen molar-refractivity contribution in [1.82, 2.24) is 9.47 Å². The number of morpholine rings is 1. The second kappa shape index (κ2) is 9.09. The molecule has 166 valence electrons. The van der Waals surface area contributed by atoms with E-state index in [0.29, 0.717) is 44.2 Å². The van der Waals surface area contributed by atoms with Crippen LogP contribution in [0, 0.1) is 0 Å². The molecule has 0 amide bonds. The average molecular weight is 430 g/mol. The van der Waals surface area contributed by atoms with Gasteiger partial charge in [-0.15, -0.1) is 0 Å². The van der Waals surface area contributed by atoms with Crippen LogP contribution in [-0.4, -0.2) is 77.3 Å². The van der Waals surface area contributed by atoms with E-state index in [2.05, 4.69) is 4.90 Å². The third-order valence-electron chi connectivity index (χ3n) is 5.94. The molecule has 2 heterocycles. The number of pyridine rings is 1. The number of benzene rings is 1. The third kappa shape index (κ3) is 4.43. The molecule has 1 aliphatic carbocycles. The highest BCUT2D eigenvalue weighted by atomic mass is 16.5. The minimum atomic E-state index is -1.11. The summed E-state index contributed by atoms with van der Waals surface area (Å²) in [7, 11) is 1.57. The van der Waals surface area contributed by atoms with Crippen molar-refractivity contribution < 1.29 is 29.2 Å². The van der Waals surface area contributed by atoms with Crippen LogP contribution in [0.15, 0.2) is 47.4 Å². The summed E-state index contributed by atoms with van der Waals surface area (Å²) in [4.78, 5) is 26.2. The second-order valence-corrected chi connectivity index (χ2v) is 7.74. The van der Waals surface area contributed by atoms with Gasteiger partial charge in [0.2, 0.25) is 0 Å². The number of hydrogen-bond donors (Lipinski definition) is 2. The van der Waals surface area contributed by atoms with Gasteiger partial charge in [0.1, 0.15) is 23.7 Å². The quantitative estimate of drug-likeness (QED) is 0.699. The maximum absolute atomic E-state index is 12.7. The molecule has 0 spiro atoms. The largest absolute Gasteiger partial charge is 0.497 e. The van der Waals surface area contributed by atoms with Gasteiger partial charge in [-0.25, -0.2) is 4.79 Å². The van der Waals surface area contributed by atoms with E-state index in [0.717, 1.165) is 0 Å². The van der Waals surface area contributed by atoms with Crippen LogP contribution in [0.25, 0.3) is 0 Å². The molecule has 1 aliphatic heterocycles. The van der Waals surface area contributed by atoms with Gasteiger partial charge >= 0.3 is 5.97 Å². The van der Waals surface area contributed by atoms with E-state index in [9.17, 15) is 19.8 Å². The van der Waals surface area contributed by atoms with Gasteiger partial charge in [0.15, 0.2) is 0 Å². The first-order chi connectivity index (χ1) is 15.0. The Balaban J connectivity index is 1.67. The summed E-state index contributed by atoms with van der Waals surface area (Å²) in [6.07, 6.45) is 0.243. The molecule has 4 rings (SSSR count). The summed E-state index contributed by atoms with van der Waals surface area (Å²) in [5.41, 5.74) is -0.297. The number of aromatic carboxylic acids is 1. The predicted octanol–water partition coefficient (Wildman–Crippen LogP) is 1.01. The molecule has 9 heteroatoms.